The zero-order valence-electron chi connectivity index (χ0n) is 14.1. The Morgan fingerprint density at radius 1 is 1.12 bits per heavy atom. The first-order chi connectivity index (χ1) is 12.6. The minimum atomic E-state index is -0.849. The van der Waals surface area contributed by atoms with E-state index in [9.17, 15) is 14.4 Å². The molecule has 0 unspecified atom stereocenters. The number of benzene rings is 1. The molecule has 2 fully saturated rings. The number of hydrogen-bond donors (Lipinski definition) is 1. The molecule has 1 aromatic rings. The summed E-state index contributed by atoms with van der Waals surface area (Å²) < 4.78 is 10.5. The van der Waals surface area contributed by atoms with Crippen LogP contribution in [0.15, 0.2) is 18.2 Å². The normalized spacial score (nSPS) is 24.2. The molecule has 1 aromatic carbocycles. The van der Waals surface area contributed by atoms with Crippen LogP contribution < -0.4 is 10.2 Å². The lowest BCUT2D eigenvalue weighted by molar-refractivity contribution is -0.131. The minimum Gasteiger partial charge on any atom is -0.405 e. The minimum absolute atomic E-state index is 0.0169. The highest BCUT2D eigenvalue weighted by Gasteiger charge is 2.39. The quantitative estimate of drug-likeness (QED) is 0.712. The molecule has 0 aliphatic carbocycles. The van der Waals surface area contributed by atoms with Crippen molar-refractivity contribution in [3.05, 3.63) is 29.3 Å². The Hall–Kier alpha value is -2.49. The molecule has 9 heteroatoms. The number of hydrogen-bond acceptors (Lipinski definition) is 7. The molecular weight excluding hydrogens is 342 g/mol. The molecule has 0 radical (unpaired) electrons. The van der Waals surface area contributed by atoms with Crippen LogP contribution in [0.3, 0.4) is 0 Å². The highest BCUT2D eigenvalue weighted by atomic mass is 16.7. The fourth-order valence-electron chi connectivity index (χ4n) is 3.27. The molecule has 4 rings (SSSR count). The maximum atomic E-state index is 12.8. The van der Waals surface area contributed by atoms with Gasteiger partial charge in [-0.3, -0.25) is 19.7 Å². The van der Waals surface area contributed by atoms with Crippen molar-refractivity contribution in [2.75, 3.05) is 39.5 Å². The lowest BCUT2D eigenvalue weighted by Gasteiger charge is -2.27. The van der Waals surface area contributed by atoms with Gasteiger partial charge in [0.1, 0.15) is 12.6 Å². The molecular formula is C17H19N3O6. The molecule has 2 saturated heterocycles. The number of ether oxygens (including phenoxy) is 2. The number of carbonyl (C=O) groups is 3. The van der Waals surface area contributed by atoms with Crippen LogP contribution in [0.5, 0.6) is 5.75 Å². The van der Waals surface area contributed by atoms with Crippen molar-refractivity contribution in [1.29, 1.82) is 0 Å². The number of imide groups is 1. The molecule has 0 spiro atoms. The summed E-state index contributed by atoms with van der Waals surface area (Å²) >= 11 is 0. The smallest absolute Gasteiger partial charge is 0.255 e. The van der Waals surface area contributed by atoms with Gasteiger partial charge in [0.05, 0.1) is 39.5 Å². The van der Waals surface area contributed by atoms with E-state index >= 15 is 0 Å². The zero-order chi connectivity index (χ0) is 18.1. The summed E-state index contributed by atoms with van der Waals surface area (Å²) in [5, 5.41) is 4.04. The Labute approximate surface area is 149 Å². The molecule has 3 amide bonds. The first-order valence-corrected chi connectivity index (χ1v) is 8.48. The third-order valence-electron chi connectivity index (χ3n) is 4.60. The Morgan fingerprint density at radius 2 is 1.92 bits per heavy atom. The summed E-state index contributed by atoms with van der Waals surface area (Å²) in [5.74, 6) is -0.709. The van der Waals surface area contributed by atoms with E-state index in [4.69, 9.17) is 14.3 Å². The van der Waals surface area contributed by atoms with Gasteiger partial charge in [-0.2, -0.15) is 0 Å². The van der Waals surface area contributed by atoms with E-state index in [1.165, 1.54) is 4.90 Å². The maximum absolute atomic E-state index is 12.8. The number of rotatable bonds is 3. The fraction of sp³-hybridized carbons (Fsp3) is 0.471. The SMILES string of the molecule is O=C1COC[C@H](N2Cc3c(ON4CCOCC4)cccc3C2=O)C(=O)N1. The molecule has 3 aliphatic rings. The van der Waals surface area contributed by atoms with Gasteiger partial charge < -0.3 is 19.2 Å². The van der Waals surface area contributed by atoms with Crippen molar-refractivity contribution in [2.24, 2.45) is 0 Å². The Kier molecular flexibility index (Phi) is 4.58. The average Bonchev–Trinajstić information content (AvgIpc) is 2.87. The van der Waals surface area contributed by atoms with Crippen LogP contribution in [0.2, 0.25) is 0 Å². The van der Waals surface area contributed by atoms with Crippen molar-refractivity contribution in [1.82, 2.24) is 15.3 Å². The molecule has 3 aliphatic heterocycles. The fourth-order valence-corrected chi connectivity index (χ4v) is 3.27. The lowest BCUT2D eigenvalue weighted by Crippen LogP contribution is -2.48. The molecule has 26 heavy (non-hydrogen) atoms. The molecule has 9 nitrogen and oxygen atoms in total. The van der Waals surface area contributed by atoms with Crippen molar-refractivity contribution in [3.8, 4) is 5.75 Å². The summed E-state index contributed by atoms with van der Waals surface area (Å²) in [6.07, 6.45) is 0. The van der Waals surface area contributed by atoms with Gasteiger partial charge in [0, 0.05) is 11.1 Å². The highest BCUT2D eigenvalue weighted by molar-refractivity contribution is 6.04. The largest absolute Gasteiger partial charge is 0.405 e. The number of morpholine rings is 1. The second-order valence-electron chi connectivity index (χ2n) is 6.29. The van der Waals surface area contributed by atoms with Gasteiger partial charge in [0.2, 0.25) is 0 Å². The Morgan fingerprint density at radius 3 is 2.73 bits per heavy atom. The first kappa shape index (κ1) is 17.0. The molecule has 0 saturated carbocycles. The number of nitrogens with one attached hydrogen (secondary N) is 1. The molecule has 0 aromatic heterocycles. The predicted molar refractivity (Wildman–Crippen MR) is 87.1 cm³/mol. The molecule has 0 bridgehead atoms. The van der Waals surface area contributed by atoms with E-state index in [0.29, 0.717) is 37.6 Å². The van der Waals surface area contributed by atoms with Crippen LogP contribution in [0, 0.1) is 0 Å². The van der Waals surface area contributed by atoms with E-state index in [-0.39, 0.29) is 25.7 Å². The average molecular weight is 361 g/mol. The standard InChI is InChI=1S/C17H19N3O6/c21-15-10-25-9-13(16(22)18-15)20-8-12-11(17(20)23)2-1-3-14(12)26-19-4-6-24-7-5-19/h1-3,13H,4-10H2,(H,18,21,22)/t13-/m0/s1. The molecule has 138 valence electrons. The van der Waals surface area contributed by atoms with Gasteiger partial charge in [0.15, 0.2) is 5.75 Å². The third kappa shape index (κ3) is 3.16. The Bertz CT molecular complexity index is 746. The van der Waals surface area contributed by atoms with Crippen LogP contribution in [-0.2, 0) is 25.6 Å². The maximum Gasteiger partial charge on any atom is 0.255 e. The second kappa shape index (κ2) is 7.02. The molecule has 3 heterocycles. The van der Waals surface area contributed by atoms with E-state index in [1.807, 2.05) is 0 Å². The number of fused-ring (bicyclic) bond motifs is 1. The number of amides is 3. The van der Waals surface area contributed by atoms with Gasteiger partial charge >= 0.3 is 0 Å². The molecule has 1 atom stereocenters. The van der Waals surface area contributed by atoms with E-state index < -0.39 is 17.9 Å². The van der Waals surface area contributed by atoms with Crippen molar-refractivity contribution >= 4 is 17.7 Å². The van der Waals surface area contributed by atoms with Gasteiger partial charge in [-0.25, -0.2) is 0 Å². The van der Waals surface area contributed by atoms with Gasteiger partial charge in [0.25, 0.3) is 17.7 Å². The van der Waals surface area contributed by atoms with E-state index in [0.717, 1.165) is 5.56 Å². The molecule has 1 N–H and O–H groups in total. The van der Waals surface area contributed by atoms with Crippen molar-refractivity contribution in [2.45, 2.75) is 12.6 Å². The van der Waals surface area contributed by atoms with Crippen LogP contribution in [0.4, 0.5) is 0 Å². The van der Waals surface area contributed by atoms with E-state index in [1.54, 1.807) is 23.3 Å². The summed E-state index contributed by atoms with van der Waals surface area (Å²) in [4.78, 5) is 43.8. The summed E-state index contributed by atoms with van der Waals surface area (Å²) in [6, 6.07) is 4.42. The van der Waals surface area contributed by atoms with Crippen LogP contribution >= 0.6 is 0 Å². The monoisotopic (exact) mass is 361 g/mol. The topological polar surface area (TPSA) is 97.4 Å². The van der Waals surface area contributed by atoms with E-state index in [2.05, 4.69) is 5.32 Å². The highest BCUT2D eigenvalue weighted by Crippen LogP contribution is 2.33. The van der Waals surface area contributed by atoms with Crippen LogP contribution in [-0.4, -0.2) is 73.2 Å². The lowest BCUT2D eigenvalue weighted by atomic mass is 10.1. The third-order valence-corrected chi connectivity index (χ3v) is 4.60. The number of nitrogens with zero attached hydrogens (tertiary/aromatic N) is 2. The number of carbonyl (C=O) groups excluding carboxylic acids is 3. The Balaban J connectivity index is 1.55. The zero-order valence-corrected chi connectivity index (χ0v) is 14.1. The summed E-state index contributed by atoms with van der Waals surface area (Å²) in [5.41, 5.74) is 1.23. The first-order valence-electron chi connectivity index (χ1n) is 8.48. The van der Waals surface area contributed by atoms with Gasteiger partial charge in [-0.15, -0.1) is 5.06 Å². The summed E-state index contributed by atoms with van der Waals surface area (Å²) in [6.45, 7) is 2.48. The van der Waals surface area contributed by atoms with Crippen LogP contribution in [0.25, 0.3) is 0 Å². The van der Waals surface area contributed by atoms with Crippen molar-refractivity contribution < 1.29 is 28.7 Å². The van der Waals surface area contributed by atoms with Gasteiger partial charge in [-0.1, -0.05) is 6.07 Å². The van der Waals surface area contributed by atoms with Gasteiger partial charge in [-0.05, 0) is 12.1 Å². The van der Waals surface area contributed by atoms with Crippen molar-refractivity contribution in [3.63, 3.8) is 0 Å². The summed E-state index contributed by atoms with van der Waals surface area (Å²) in [7, 11) is 0. The predicted octanol–water partition coefficient (Wildman–Crippen LogP) is -0.690. The van der Waals surface area contributed by atoms with Crippen LogP contribution in [0.1, 0.15) is 15.9 Å². The number of hydroxylamine groups is 2. The second-order valence-corrected chi connectivity index (χ2v) is 6.29.